The fraction of sp³-hybridized carbons (Fsp3) is 0.636. The molecular weight excluding hydrogens is 492 g/mol. The van der Waals surface area contributed by atoms with Crippen LogP contribution in [0.1, 0.15) is 45.2 Å². The predicted molar refractivity (Wildman–Crippen MR) is 133 cm³/mol. The van der Waals surface area contributed by atoms with Crippen LogP contribution in [0.3, 0.4) is 0 Å². The van der Waals surface area contributed by atoms with Gasteiger partial charge in [-0.1, -0.05) is 13.8 Å². The molecule has 13 nitrogen and oxygen atoms in total. The molecule has 4 atom stereocenters. The zero-order valence-corrected chi connectivity index (χ0v) is 21.5. The predicted octanol–water partition coefficient (Wildman–Crippen LogP) is -0.517. The summed E-state index contributed by atoms with van der Waals surface area (Å²) >= 11 is 1.50. The molecule has 0 aliphatic rings. The van der Waals surface area contributed by atoms with E-state index in [-0.39, 0.29) is 25.2 Å². The summed E-state index contributed by atoms with van der Waals surface area (Å²) in [6, 6.07) is -4.55. The smallest absolute Gasteiger partial charge is 0.326 e. The number of carboxylic acid groups (broad SMARTS) is 2. The number of imidazole rings is 1. The minimum absolute atomic E-state index is 0.0158. The van der Waals surface area contributed by atoms with Crippen LogP contribution in [0.4, 0.5) is 0 Å². The van der Waals surface area contributed by atoms with Gasteiger partial charge in [0.15, 0.2) is 0 Å². The Morgan fingerprint density at radius 3 is 2.14 bits per heavy atom. The standard InChI is InChI=1S/C22H36N6O7S/c1-12(2)8-17(22(34)35)28-21(33)16(9-13-10-24-11-25-13)27-20(32)15(4-5-18(29)30)26-19(31)14(23)6-7-36-3/h10-12,14-17H,4-9,23H2,1-3H3,(H,24,25)(H,26,31)(H,27,32)(H,28,33)(H,29,30)(H,34,35). The van der Waals surface area contributed by atoms with Crippen molar-refractivity contribution in [2.75, 3.05) is 12.0 Å². The van der Waals surface area contributed by atoms with Crippen molar-refractivity contribution >= 4 is 41.4 Å². The molecule has 1 rings (SSSR count). The molecule has 0 fully saturated rings. The number of carboxylic acids is 2. The number of aromatic amines is 1. The average Bonchev–Trinajstić information content (AvgIpc) is 3.31. The molecule has 1 aromatic heterocycles. The maximum atomic E-state index is 13.1. The van der Waals surface area contributed by atoms with Crippen molar-refractivity contribution in [1.29, 1.82) is 0 Å². The van der Waals surface area contributed by atoms with Gasteiger partial charge in [-0.2, -0.15) is 11.8 Å². The van der Waals surface area contributed by atoms with Crippen molar-refractivity contribution < 1.29 is 34.2 Å². The van der Waals surface area contributed by atoms with Crippen molar-refractivity contribution in [1.82, 2.24) is 25.9 Å². The minimum atomic E-state index is -1.27. The van der Waals surface area contributed by atoms with Crippen LogP contribution < -0.4 is 21.7 Å². The van der Waals surface area contributed by atoms with Gasteiger partial charge in [-0.25, -0.2) is 9.78 Å². The molecule has 0 bridgehead atoms. The second-order valence-electron chi connectivity index (χ2n) is 8.75. The first-order valence-corrected chi connectivity index (χ1v) is 12.9. The lowest BCUT2D eigenvalue weighted by Crippen LogP contribution is -2.57. The molecule has 1 aromatic rings. The molecule has 0 aliphatic carbocycles. The lowest BCUT2D eigenvalue weighted by Gasteiger charge is -2.25. The first-order chi connectivity index (χ1) is 16.9. The molecular formula is C22H36N6O7S. The van der Waals surface area contributed by atoms with Gasteiger partial charge in [0.1, 0.15) is 18.1 Å². The zero-order chi connectivity index (χ0) is 27.3. The van der Waals surface area contributed by atoms with Crippen molar-refractivity contribution in [2.45, 2.75) is 70.1 Å². The molecule has 0 spiro atoms. The highest BCUT2D eigenvalue weighted by Crippen LogP contribution is 2.08. The van der Waals surface area contributed by atoms with Crippen LogP contribution in [0.5, 0.6) is 0 Å². The number of nitrogens with one attached hydrogen (secondary N) is 4. The molecule has 4 unspecified atom stereocenters. The summed E-state index contributed by atoms with van der Waals surface area (Å²) in [5.41, 5.74) is 6.36. The van der Waals surface area contributed by atoms with E-state index in [1.54, 1.807) is 0 Å². The van der Waals surface area contributed by atoms with Crippen molar-refractivity contribution in [3.05, 3.63) is 18.2 Å². The van der Waals surface area contributed by atoms with Crippen LogP contribution in [0.2, 0.25) is 0 Å². The lowest BCUT2D eigenvalue weighted by atomic mass is 10.0. The molecule has 14 heteroatoms. The molecule has 202 valence electrons. The Hall–Kier alpha value is -3.13. The van der Waals surface area contributed by atoms with E-state index in [4.69, 9.17) is 10.8 Å². The number of hydrogen-bond donors (Lipinski definition) is 7. The molecule has 0 radical (unpaired) electrons. The third-order valence-corrected chi connectivity index (χ3v) is 5.83. The second-order valence-corrected chi connectivity index (χ2v) is 9.74. The Bertz CT molecular complexity index is 880. The second kappa shape index (κ2) is 15.8. The number of carbonyl (C=O) groups excluding carboxylic acids is 3. The molecule has 1 heterocycles. The third-order valence-electron chi connectivity index (χ3n) is 5.18. The Labute approximate surface area is 213 Å². The highest BCUT2D eigenvalue weighted by molar-refractivity contribution is 7.98. The number of H-pyrrole nitrogens is 1. The van der Waals surface area contributed by atoms with E-state index >= 15 is 0 Å². The minimum Gasteiger partial charge on any atom is -0.481 e. The van der Waals surface area contributed by atoms with E-state index in [1.807, 2.05) is 20.1 Å². The van der Waals surface area contributed by atoms with Crippen molar-refractivity contribution in [3.63, 3.8) is 0 Å². The first-order valence-electron chi connectivity index (χ1n) is 11.5. The summed E-state index contributed by atoms with van der Waals surface area (Å²) in [7, 11) is 0. The maximum Gasteiger partial charge on any atom is 0.326 e. The summed E-state index contributed by atoms with van der Waals surface area (Å²) in [5, 5.41) is 26.0. The van der Waals surface area contributed by atoms with Gasteiger partial charge in [0.2, 0.25) is 17.7 Å². The SMILES string of the molecule is CSCCC(N)C(=O)NC(CCC(=O)O)C(=O)NC(Cc1cnc[nH]1)C(=O)NC(CC(C)C)C(=O)O. The molecule has 3 amide bonds. The van der Waals surface area contributed by atoms with Crippen molar-refractivity contribution in [3.8, 4) is 0 Å². The van der Waals surface area contributed by atoms with E-state index in [9.17, 15) is 29.1 Å². The summed E-state index contributed by atoms with van der Waals surface area (Å²) in [6.45, 7) is 3.62. The van der Waals surface area contributed by atoms with E-state index in [1.165, 1.54) is 24.3 Å². The Balaban J connectivity index is 3.06. The van der Waals surface area contributed by atoms with Crippen LogP contribution in [0.15, 0.2) is 12.5 Å². The van der Waals surface area contributed by atoms with Gasteiger partial charge in [-0.05, 0) is 37.2 Å². The topological polar surface area (TPSA) is 217 Å². The van der Waals surface area contributed by atoms with Gasteiger partial charge < -0.3 is 36.9 Å². The summed E-state index contributed by atoms with van der Waals surface area (Å²) in [6.07, 6.45) is 4.54. The monoisotopic (exact) mass is 528 g/mol. The van der Waals surface area contributed by atoms with E-state index < -0.39 is 60.2 Å². The van der Waals surface area contributed by atoms with Crippen LogP contribution in [-0.2, 0) is 30.4 Å². The number of thioether (sulfide) groups is 1. The zero-order valence-electron chi connectivity index (χ0n) is 20.7. The molecule has 36 heavy (non-hydrogen) atoms. The largest absolute Gasteiger partial charge is 0.481 e. The van der Waals surface area contributed by atoms with E-state index in [0.29, 0.717) is 17.9 Å². The fourth-order valence-corrected chi connectivity index (χ4v) is 3.74. The van der Waals surface area contributed by atoms with Crippen LogP contribution >= 0.6 is 11.8 Å². The van der Waals surface area contributed by atoms with Gasteiger partial charge in [-0.15, -0.1) is 0 Å². The number of rotatable bonds is 17. The number of nitrogens with two attached hydrogens (primary N) is 1. The molecule has 0 saturated heterocycles. The molecule has 0 aliphatic heterocycles. The quantitative estimate of drug-likeness (QED) is 0.137. The van der Waals surface area contributed by atoms with E-state index in [0.717, 1.165) is 0 Å². The Morgan fingerprint density at radius 2 is 1.61 bits per heavy atom. The van der Waals surface area contributed by atoms with Gasteiger partial charge in [-0.3, -0.25) is 19.2 Å². The van der Waals surface area contributed by atoms with Gasteiger partial charge in [0, 0.05) is 24.7 Å². The number of hydrogen-bond acceptors (Lipinski definition) is 8. The van der Waals surface area contributed by atoms with E-state index in [2.05, 4.69) is 25.9 Å². The normalized spacial score (nSPS) is 14.4. The summed E-state index contributed by atoms with van der Waals surface area (Å²) in [5.74, 6) is -3.94. The maximum absolute atomic E-state index is 13.1. The third kappa shape index (κ3) is 11.5. The number of amides is 3. The molecule has 0 aromatic carbocycles. The van der Waals surface area contributed by atoms with Crippen LogP contribution in [0.25, 0.3) is 0 Å². The Morgan fingerprint density at radius 1 is 1.00 bits per heavy atom. The highest BCUT2D eigenvalue weighted by atomic mass is 32.2. The van der Waals surface area contributed by atoms with Gasteiger partial charge in [0.05, 0.1) is 12.4 Å². The van der Waals surface area contributed by atoms with Crippen LogP contribution in [0, 0.1) is 5.92 Å². The molecule has 0 saturated carbocycles. The summed E-state index contributed by atoms with van der Waals surface area (Å²) in [4.78, 5) is 68.0. The van der Waals surface area contributed by atoms with Crippen LogP contribution in [-0.4, -0.2) is 86.0 Å². The number of aliphatic carboxylic acids is 2. The molecule has 8 N–H and O–H groups in total. The fourth-order valence-electron chi connectivity index (χ4n) is 3.25. The Kier molecular flexibility index (Phi) is 13.5. The first kappa shape index (κ1) is 30.9. The number of aromatic nitrogens is 2. The number of carbonyl (C=O) groups is 5. The van der Waals surface area contributed by atoms with Gasteiger partial charge in [0.25, 0.3) is 0 Å². The average molecular weight is 529 g/mol. The van der Waals surface area contributed by atoms with Gasteiger partial charge >= 0.3 is 11.9 Å². The van der Waals surface area contributed by atoms with Crippen molar-refractivity contribution in [2.24, 2.45) is 11.7 Å². The lowest BCUT2D eigenvalue weighted by molar-refractivity contribution is -0.142. The number of nitrogens with zero attached hydrogens (tertiary/aromatic N) is 1. The highest BCUT2D eigenvalue weighted by Gasteiger charge is 2.31. The summed E-state index contributed by atoms with van der Waals surface area (Å²) < 4.78 is 0.